The fourth-order valence-electron chi connectivity index (χ4n) is 3.25. The van der Waals surface area contributed by atoms with Crippen molar-refractivity contribution >= 4 is 17.0 Å². The van der Waals surface area contributed by atoms with Crippen LogP contribution in [0.4, 0.5) is 0 Å². The molecule has 1 amide bonds. The van der Waals surface area contributed by atoms with Crippen LogP contribution in [0.2, 0.25) is 0 Å². The maximum atomic E-state index is 12.8. The molecule has 0 aromatic carbocycles. The van der Waals surface area contributed by atoms with E-state index < -0.39 is 0 Å². The molecule has 106 valence electrons. The van der Waals surface area contributed by atoms with Crippen molar-refractivity contribution in [3.8, 4) is 0 Å². The van der Waals surface area contributed by atoms with E-state index in [1.54, 1.807) is 12.3 Å². The van der Waals surface area contributed by atoms with Gasteiger partial charge < -0.3 is 19.0 Å². The number of ether oxygens (including phenoxy) is 1. The Labute approximate surface area is 116 Å². The highest BCUT2D eigenvalue weighted by Gasteiger charge is 2.49. The SMILES string of the molecule is CC1(C2CC2)COCCN1C(=O)c1cc2occc2[nH]1. The molecule has 5 nitrogen and oxygen atoms in total. The maximum Gasteiger partial charge on any atom is 0.271 e. The first-order valence-corrected chi connectivity index (χ1v) is 7.14. The van der Waals surface area contributed by atoms with E-state index in [0.29, 0.717) is 31.4 Å². The average Bonchev–Trinajstić information content (AvgIpc) is 3.09. The van der Waals surface area contributed by atoms with Gasteiger partial charge in [-0.2, -0.15) is 0 Å². The smallest absolute Gasteiger partial charge is 0.271 e. The molecule has 5 heteroatoms. The van der Waals surface area contributed by atoms with Crippen LogP contribution in [0.1, 0.15) is 30.3 Å². The molecule has 1 saturated heterocycles. The van der Waals surface area contributed by atoms with Gasteiger partial charge in [-0.05, 0) is 25.7 Å². The van der Waals surface area contributed by atoms with Gasteiger partial charge in [0.1, 0.15) is 5.69 Å². The third kappa shape index (κ3) is 1.69. The van der Waals surface area contributed by atoms with Gasteiger partial charge in [0, 0.05) is 18.7 Å². The molecule has 3 heterocycles. The average molecular weight is 274 g/mol. The second-order valence-electron chi connectivity index (χ2n) is 6.02. The summed E-state index contributed by atoms with van der Waals surface area (Å²) in [5, 5.41) is 0. The molecule has 0 spiro atoms. The van der Waals surface area contributed by atoms with Crippen molar-refractivity contribution in [2.24, 2.45) is 5.92 Å². The van der Waals surface area contributed by atoms with Gasteiger partial charge in [0.25, 0.3) is 5.91 Å². The summed E-state index contributed by atoms with van der Waals surface area (Å²) in [6.07, 6.45) is 4.01. The largest absolute Gasteiger partial charge is 0.463 e. The number of H-pyrrole nitrogens is 1. The zero-order valence-electron chi connectivity index (χ0n) is 11.5. The summed E-state index contributed by atoms with van der Waals surface area (Å²) in [6, 6.07) is 3.63. The standard InChI is InChI=1S/C15H18N2O3/c1-15(10-2-3-10)9-19-7-5-17(15)14(18)12-8-13-11(16-12)4-6-20-13/h4,6,8,10,16H,2-3,5,7,9H2,1H3. The normalized spacial score (nSPS) is 27.1. The fraction of sp³-hybridized carbons (Fsp3) is 0.533. The first kappa shape index (κ1) is 12.0. The highest BCUT2D eigenvalue weighted by molar-refractivity contribution is 5.97. The number of carbonyl (C=O) groups excluding carboxylic acids is 1. The summed E-state index contributed by atoms with van der Waals surface area (Å²) in [5.41, 5.74) is 2.04. The lowest BCUT2D eigenvalue weighted by molar-refractivity contribution is -0.0549. The number of furan rings is 1. The molecule has 1 aliphatic heterocycles. The van der Waals surface area contributed by atoms with Crippen LogP contribution in [0.15, 0.2) is 22.8 Å². The second kappa shape index (κ2) is 4.12. The number of nitrogens with zero attached hydrogens (tertiary/aromatic N) is 1. The minimum atomic E-state index is -0.165. The summed E-state index contributed by atoms with van der Waals surface area (Å²) >= 11 is 0. The second-order valence-corrected chi connectivity index (χ2v) is 6.02. The molecule has 1 atom stereocenters. The minimum absolute atomic E-state index is 0.0501. The Bertz CT molecular complexity index is 626. The molecule has 4 rings (SSSR count). The number of aromatic nitrogens is 1. The van der Waals surface area contributed by atoms with E-state index in [2.05, 4.69) is 11.9 Å². The monoisotopic (exact) mass is 274 g/mol. The number of amides is 1. The van der Waals surface area contributed by atoms with Crippen LogP contribution in [0.3, 0.4) is 0 Å². The molecule has 0 bridgehead atoms. The van der Waals surface area contributed by atoms with E-state index in [1.165, 1.54) is 12.8 Å². The molecule has 2 aromatic heterocycles. The highest BCUT2D eigenvalue weighted by Crippen LogP contribution is 2.44. The Morgan fingerprint density at radius 3 is 3.10 bits per heavy atom. The molecule has 20 heavy (non-hydrogen) atoms. The van der Waals surface area contributed by atoms with Crippen molar-refractivity contribution in [3.63, 3.8) is 0 Å². The lowest BCUT2D eigenvalue weighted by atomic mass is 9.92. The van der Waals surface area contributed by atoms with Crippen LogP contribution < -0.4 is 0 Å². The zero-order chi connectivity index (χ0) is 13.7. The minimum Gasteiger partial charge on any atom is -0.463 e. The summed E-state index contributed by atoms with van der Waals surface area (Å²) in [6.45, 7) is 4.06. The molecule has 0 radical (unpaired) electrons. The number of aromatic amines is 1. The number of carbonyl (C=O) groups is 1. The van der Waals surface area contributed by atoms with Crippen LogP contribution >= 0.6 is 0 Å². The lowest BCUT2D eigenvalue weighted by Crippen LogP contribution is -2.58. The lowest BCUT2D eigenvalue weighted by Gasteiger charge is -2.45. The Morgan fingerprint density at radius 2 is 2.35 bits per heavy atom. The Balaban J connectivity index is 1.67. The van der Waals surface area contributed by atoms with E-state index in [9.17, 15) is 4.79 Å². The van der Waals surface area contributed by atoms with Gasteiger partial charge in [0.05, 0.1) is 30.5 Å². The summed E-state index contributed by atoms with van der Waals surface area (Å²) in [5.74, 6) is 0.624. The van der Waals surface area contributed by atoms with Gasteiger partial charge in [0.2, 0.25) is 0 Å². The highest BCUT2D eigenvalue weighted by atomic mass is 16.5. The van der Waals surface area contributed by atoms with E-state index in [1.807, 2.05) is 11.0 Å². The van der Waals surface area contributed by atoms with Gasteiger partial charge in [-0.3, -0.25) is 4.79 Å². The first-order chi connectivity index (χ1) is 9.68. The quantitative estimate of drug-likeness (QED) is 0.914. The number of fused-ring (bicyclic) bond motifs is 1. The molecule has 1 saturated carbocycles. The maximum absolute atomic E-state index is 12.8. The van der Waals surface area contributed by atoms with Crippen LogP contribution in [-0.2, 0) is 4.74 Å². The van der Waals surface area contributed by atoms with E-state index in [0.717, 1.165) is 11.1 Å². The van der Waals surface area contributed by atoms with E-state index in [4.69, 9.17) is 9.15 Å². The van der Waals surface area contributed by atoms with Crippen LogP contribution in [0, 0.1) is 5.92 Å². The third-order valence-electron chi connectivity index (χ3n) is 4.64. The predicted molar refractivity (Wildman–Crippen MR) is 73.5 cm³/mol. The number of hydrogen-bond donors (Lipinski definition) is 1. The Kier molecular flexibility index (Phi) is 2.48. The molecule has 1 N–H and O–H groups in total. The van der Waals surface area contributed by atoms with Gasteiger partial charge in [-0.1, -0.05) is 0 Å². The molecular weight excluding hydrogens is 256 g/mol. The molecule has 2 aromatic rings. The number of hydrogen-bond acceptors (Lipinski definition) is 3. The fourth-order valence-corrected chi connectivity index (χ4v) is 3.25. The van der Waals surface area contributed by atoms with Crippen molar-refractivity contribution < 1.29 is 13.9 Å². The molecular formula is C15H18N2O3. The topological polar surface area (TPSA) is 58.5 Å². The molecule has 1 aliphatic carbocycles. The number of rotatable bonds is 2. The van der Waals surface area contributed by atoms with Crippen LogP contribution in [-0.4, -0.2) is 41.1 Å². The summed E-state index contributed by atoms with van der Waals surface area (Å²) in [4.78, 5) is 17.9. The molecule has 1 unspecified atom stereocenters. The predicted octanol–water partition coefficient (Wildman–Crippen LogP) is 2.40. The van der Waals surface area contributed by atoms with Gasteiger partial charge in [-0.15, -0.1) is 0 Å². The first-order valence-electron chi connectivity index (χ1n) is 7.14. The number of morpholine rings is 1. The van der Waals surface area contributed by atoms with Crippen LogP contribution in [0.5, 0.6) is 0 Å². The summed E-state index contributed by atoms with van der Waals surface area (Å²) in [7, 11) is 0. The van der Waals surface area contributed by atoms with E-state index in [-0.39, 0.29) is 11.4 Å². The third-order valence-corrected chi connectivity index (χ3v) is 4.64. The van der Waals surface area contributed by atoms with Crippen molar-refractivity contribution in [2.75, 3.05) is 19.8 Å². The number of nitrogens with one attached hydrogen (secondary N) is 1. The zero-order valence-corrected chi connectivity index (χ0v) is 11.5. The van der Waals surface area contributed by atoms with E-state index >= 15 is 0 Å². The molecule has 2 aliphatic rings. The molecule has 2 fully saturated rings. The van der Waals surface area contributed by atoms with Crippen molar-refractivity contribution in [3.05, 3.63) is 24.1 Å². The van der Waals surface area contributed by atoms with Crippen LogP contribution in [0.25, 0.3) is 11.1 Å². The van der Waals surface area contributed by atoms with Crippen molar-refractivity contribution in [2.45, 2.75) is 25.3 Å². The Morgan fingerprint density at radius 1 is 1.50 bits per heavy atom. The van der Waals surface area contributed by atoms with Crippen molar-refractivity contribution in [1.82, 2.24) is 9.88 Å². The Hall–Kier alpha value is -1.75. The van der Waals surface area contributed by atoms with Gasteiger partial charge in [-0.25, -0.2) is 0 Å². The van der Waals surface area contributed by atoms with Gasteiger partial charge in [0.15, 0.2) is 5.58 Å². The summed E-state index contributed by atoms with van der Waals surface area (Å²) < 4.78 is 10.9. The van der Waals surface area contributed by atoms with Gasteiger partial charge >= 0.3 is 0 Å². The van der Waals surface area contributed by atoms with Crippen molar-refractivity contribution in [1.29, 1.82) is 0 Å².